The highest BCUT2D eigenvalue weighted by atomic mass is 16.5. The molecule has 1 atom stereocenters. The predicted molar refractivity (Wildman–Crippen MR) is 60.6 cm³/mol. The maximum absolute atomic E-state index is 11.8. The summed E-state index contributed by atoms with van der Waals surface area (Å²) in [6.07, 6.45) is 0. The second kappa shape index (κ2) is 4.45. The summed E-state index contributed by atoms with van der Waals surface area (Å²) in [5.41, 5.74) is 0.677. The molecule has 5 nitrogen and oxygen atoms in total. The number of aryl methyl sites for hydroxylation is 2. The maximum Gasteiger partial charge on any atom is 0.290 e. The minimum Gasteiger partial charge on any atom is -0.464 e. The highest BCUT2D eigenvalue weighted by Gasteiger charge is 2.17. The van der Waals surface area contributed by atoms with E-state index in [0.717, 1.165) is 5.76 Å². The summed E-state index contributed by atoms with van der Waals surface area (Å²) < 4.78 is 10.3. The van der Waals surface area contributed by atoms with Gasteiger partial charge in [0.2, 0.25) is 5.76 Å². The summed E-state index contributed by atoms with van der Waals surface area (Å²) in [6.45, 7) is 5.47. The Morgan fingerprint density at radius 1 is 1.41 bits per heavy atom. The quantitative estimate of drug-likeness (QED) is 0.885. The molecule has 17 heavy (non-hydrogen) atoms. The second-order valence-corrected chi connectivity index (χ2v) is 3.98. The van der Waals surface area contributed by atoms with Gasteiger partial charge in [-0.3, -0.25) is 4.79 Å². The van der Waals surface area contributed by atoms with Crippen molar-refractivity contribution in [2.24, 2.45) is 0 Å². The molecule has 0 fully saturated rings. The third-order valence-electron chi connectivity index (χ3n) is 2.39. The van der Waals surface area contributed by atoms with Crippen molar-refractivity contribution in [1.82, 2.24) is 10.5 Å². The molecular formula is C12H14N2O3. The van der Waals surface area contributed by atoms with Crippen LogP contribution in [0.2, 0.25) is 0 Å². The lowest BCUT2D eigenvalue weighted by Gasteiger charge is -2.09. The Morgan fingerprint density at radius 2 is 2.18 bits per heavy atom. The fourth-order valence-corrected chi connectivity index (χ4v) is 1.50. The first-order valence-corrected chi connectivity index (χ1v) is 5.37. The third-order valence-corrected chi connectivity index (χ3v) is 2.39. The molecule has 2 rings (SSSR count). The molecule has 5 heteroatoms. The summed E-state index contributed by atoms with van der Waals surface area (Å²) in [6, 6.07) is 5.08. The van der Waals surface area contributed by atoms with E-state index in [-0.39, 0.29) is 17.7 Å². The molecule has 0 aliphatic carbocycles. The van der Waals surface area contributed by atoms with Gasteiger partial charge in [0, 0.05) is 6.07 Å². The molecular weight excluding hydrogens is 220 g/mol. The second-order valence-electron chi connectivity index (χ2n) is 3.98. The molecule has 0 radical (unpaired) electrons. The molecule has 2 aromatic rings. The zero-order valence-electron chi connectivity index (χ0n) is 9.98. The van der Waals surface area contributed by atoms with Gasteiger partial charge in [0.1, 0.15) is 11.5 Å². The summed E-state index contributed by atoms with van der Waals surface area (Å²) in [5.74, 6) is 1.44. The van der Waals surface area contributed by atoms with Crippen LogP contribution in [-0.4, -0.2) is 11.1 Å². The van der Waals surface area contributed by atoms with Crippen LogP contribution in [0.5, 0.6) is 0 Å². The van der Waals surface area contributed by atoms with Gasteiger partial charge >= 0.3 is 0 Å². The minimum atomic E-state index is -0.299. The first kappa shape index (κ1) is 11.4. The van der Waals surface area contributed by atoms with E-state index in [1.54, 1.807) is 13.0 Å². The van der Waals surface area contributed by atoms with Gasteiger partial charge in [0.15, 0.2) is 0 Å². The Kier molecular flexibility index (Phi) is 2.99. The summed E-state index contributed by atoms with van der Waals surface area (Å²) in [4.78, 5) is 11.8. The first-order chi connectivity index (χ1) is 8.06. The van der Waals surface area contributed by atoms with Gasteiger partial charge < -0.3 is 14.3 Å². The number of carbonyl (C=O) groups excluding carboxylic acids is 1. The number of amides is 1. The number of furan rings is 1. The molecule has 2 aromatic heterocycles. The van der Waals surface area contributed by atoms with E-state index < -0.39 is 0 Å². The van der Waals surface area contributed by atoms with Crippen LogP contribution in [0.25, 0.3) is 0 Å². The first-order valence-electron chi connectivity index (χ1n) is 5.37. The van der Waals surface area contributed by atoms with Gasteiger partial charge in [0.05, 0.1) is 11.7 Å². The van der Waals surface area contributed by atoms with Crippen LogP contribution in [0.15, 0.2) is 27.1 Å². The number of rotatable bonds is 3. The molecule has 0 saturated heterocycles. The number of nitrogens with one attached hydrogen (secondary N) is 1. The number of nitrogens with zero attached hydrogens (tertiary/aromatic N) is 1. The SMILES string of the molecule is Cc1cc(C(=O)N[C@@H](C)c2ccc(C)o2)on1. The molecule has 0 saturated carbocycles. The maximum atomic E-state index is 11.8. The van der Waals surface area contributed by atoms with Crippen molar-refractivity contribution in [3.8, 4) is 0 Å². The molecule has 1 N–H and O–H groups in total. The normalized spacial score (nSPS) is 12.4. The molecule has 0 unspecified atom stereocenters. The van der Waals surface area contributed by atoms with Crippen molar-refractivity contribution >= 4 is 5.91 Å². The van der Waals surface area contributed by atoms with Crippen LogP contribution < -0.4 is 5.32 Å². The van der Waals surface area contributed by atoms with Crippen molar-refractivity contribution in [3.05, 3.63) is 41.2 Å². The molecule has 0 aromatic carbocycles. The average Bonchev–Trinajstić information content (AvgIpc) is 2.87. The largest absolute Gasteiger partial charge is 0.464 e. The lowest BCUT2D eigenvalue weighted by atomic mass is 10.2. The fourth-order valence-electron chi connectivity index (χ4n) is 1.50. The van der Waals surface area contributed by atoms with Crippen molar-refractivity contribution in [3.63, 3.8) is 0 Å². The van der Waals surface area contributed by atoms with Crippen LogP contribution in [-0.2, 0) is 0 Å². The molecule has 0 aliphatic heterocycles. The van der Waals surface area contributed by atoms with Crippen LogP contribution >= 0.6 is 0 Å². The van der Waals surface area contributed by atoms with Gasteiger partial charge in [0.25, 0.3) is 5.91 Å². The van der Waals surface area contributed by atoms with Crippen LogP contribution in [0, 0.1) is 13.8 Å². The average molecular weight is 234 g/mol. The highest BCUT2D eigenvalue weighted by molar-refractivity contribution is 5.91. The number of hydrogen-bond acceptors (Lipinski definition) is 4. The Balaban J connectivity index is 2.04. The fraction of sp³-hybridized carbons (Fsp3) is 0.333. The van der Waals surface area contributed by atoms with Crippen molar-refractivity contribution in [2.45, 2.75) is 26.8 Å². The molecule has 1 amide bonds. The Labute approximate surface area is 98.8 Å². The van der Waals surface area contributed by atoms with Gasteiger partial charge in [-0.05, 0) is 32.9 Å². The molecule has 0 spiro atoms. The van der Waals surface area contributed by atoms with Gasteiger partial charge in [-0.25, -0.2) is 0 Å². The Bertz CT molecular complexity index is 527. The Hall–Kier alpha value is -2.04. The molecule has 2 heterocycles. The van der Waals surface area contributed by atoms with E-state index in [1.165, 1.54) is 0 Å². The van der Waals surface area contributed by atoms with Gasteiger partial charge in [-0.2, -0.15) is 0 Å². The molecule has 0 aliphatic rings. The van der Waals surface area contributed by atoms with Crippen molar-refractivity contribution < 1.29 is 13.7 Å². The van der Waals surface area contributed by atoms with Crippen molar-refractivity contribution in [2.75, 3.05) is 0 Å². The number of carbonyl (C=O) groups is 1. The topological polar surface area (TPSA) is 68.3 Å². The van der Waals surface area contributed by atoms with Gasteiger partial charge in [-0.1, -0.05) is 5.16 Å². The van der Waals surface area contributed by atoms with E-state index in [4.69, 9.17) is 8.94 Å². The molecule has 90 valence electrons. The zero-order chi connectivity index (χ0) is 12.4. The number of hydrogen-bond donors (Lipinski definition) is 1. The highest BCUT2D eigenvalue weighted by Crippen LogP contribution is 2.16. The lowest BCUT2D eigenvalue weighted by Crippen LogP contribution is -2.25. The van der Waals surface area contributed by atoms with E-state index in [0.29, 0.717) is 11.5 Å². The summed E-state index contributed by atoms with van der Waals surface area (Å²) in [7, 11) is 0. The summed E-state index contributed by atoms with van der Waals surface area (Å²) in [5, 5.41) is 6.44. The zero-order valence-corrected chi connectivity index (χ0v) is 9.98. The predicted octanol–water partition coefficient (Wildman–Crippen LogP) is 2.38. The standard InChI is InChI=1S/C12H14N2O3/c1-7-6-11(17-14-7)12(15)13-9(3)10-5-4-8(2)16-10/h4-6,9H,1-3H3,(H,13,15)/t9-/m0/s1. The number of aromatic nitrogens is 1. The van der Waals surface area contributed by atoms with E-state index in [2.05, 4.69) is 10.5 Å². The third kappa shape index (κ3) is 2.55. The van der Waals surface area contributed by atoms with E-state index >= 15 is 0 Å². The molecule has 0 bridgehead atoms. The van der Waals surface area contributed by atoms with Crippen LogP contribution in [0.1, 0.15) is 40.7 Å². The monoisotopic (exact) mass is 234 g/mol. The van der Waals surface area contributed by atoms with Gasteiger partial charge in [-0.15, -0.1) is 0 Å². The van der Waals surface area contributed by atoms with Crippen LogP contribution in [0.3, 0.4) is 0 Å². The van der Waals surface area contributed by atoms with Crippen molar-refractivity contribution in [1.29, 1.82) is 0 Å². The smallest absolute Gasteiger partial charge is 0.290 e. The van der Waals surface area contributed by atoms with Crippen LogP contribution in [0.4, 0.5) is 0 Å². The lowest BCUT2D eigenvalue weighted by molar-refractivity contribution is 0.0897. The minimum absolute atomic E-state index is 0.206. The summed E-state index contributed by atoms with van der Waals surface area (Å²) >= 11 is 0. The van der Waals surface area contributed by atoms with E-state index in [1.807, 2.05) is 26.0 Å². The Morgan fingerprint density at radius 3 is 2.71 bits per heavy atom. The van der Waals surface area contributed by atoms with E-state index in [9.17, 15) is 4.79 Å².